The standard InChI is InChI=1S/C26H38N2O6S/c1-19-16-28(20(2)18-29)35(31,32)25-13-12-21(9-8-14-33-4)15-23(25)34-24(19)17-27(3)26(30)22-10-6-5-7-11-22/h12-13,15,19-20,22,24,29H,5-7,10-11,14,16-18H2,1-4H3/t19-,20+,24-/m0/s1. The lowest BCUT2D eigenvalue weighted by atomic mass is 9.88. The lowest BCUT2D eigenvalue weighted by molar-refractivity contribution is -0.136. The molecule has 0 radical (unpaired) electrons. The van der Waals surface area contributed by atoms with E-state index in [1.165, 1.54) is 16.8 Å². The van der Waals surface area contributed by atoms with Crippen molar-refractivity contribution in [2.75, 3.05) is 40.5 Å². The normalized spacial score (nSPS) is 23.6. The Morgan fingerprint density at radius 3 is 2.69 bits per heavy atom. The number of nitrogens with zero attached hydrogens (tertiary/aromatic N) is 2. The molecule has 194 valence electrons. The van der Waals surface area contributed by atoms with Crippen LogP contribution in [0.5, 0.6) is 5.75 Å². The zero-order valence-corrected chi connectivity index (χ0v) is 22.0. The maximum absolute atomic E-state index is 13.6. The van der Waals surface area contributed by atoms with Gasteiger partial charge >= 0.3 is 0 Å². The first kappa shape index (κ1) is 27.5. The van der Waals surface area contributed by atoms with Crippen LogP contribution >= 0.6 is 0 Å². The molecule has 35 heavy (non-hydrogen) atoms. The molecule has 0 unspecified atom stereocenters. The van der Waals surface area contributed by atoms with Gasteiger partial charge in [0.05, 0.1) is 13.2 Å². The summed E-state index contributed by atoms with van der Waals surface area (Å²) in [5.41, 5.74) is 0.608. The van der Waals surface area contributed by atoms with E-state index in [4.69, 9.17) is 9.47 Å². The molecule has 2 aliphatic rings. The second-order valence-electron chi connectivity index (χ2n) is 9.69. The highest BCUT2D eigenvalue weighted by Gasteiger charge is 2.38. The summed E-state index contributed by atoms with van der Waals surface area (Å²) in [7, 11) is -0.569. The highest BCUT2D eigenvalue weighted by Crippen LogP contribution is 2.34. The van der Waals surface area contributed by atoms with E-state index >= 15 is 0 Å². The number of carbonyl (C=O) groups excluding carboxylic acids is 1. The van der Waals surface area contributed by atoms with Crippen molar-refractivity contribution in [3.05, 3.63) is 23.8 Å². The third kappa shape index (κ3) is 6.56. The summed E-state index contributed by atoms with van der Waals surface area (Å²) < 4.78 is 39.8. The molecule has 0 bridgehead atoms. The van der Waals surface area contributed by atoms with Gasteiger partial charge in [0.1, 0.15) is 23.4 Å². The van der Waals surface area contributed by atoms with Gasteiger partial charge in [0.2, 0.25) is 15.9 Å². The summed E-state index contributed by atoms with van der Waals surface area (Å²) in [5.74, 6) is 5.98. The molecule has 3 rings (SSSR count). The second-order valence-corrected chi connectivity index (χ2v) is 11.5. The quantitative estimate of drug-likeness (QED) is 0.596. The summed E-state index contributed by atoms with van der Waals surface area (Å²) in [6.45, 7) is 4.08. The number of carbonyl (C=O) groups is 1. The van der Waals surface area contributed by atoms with Crippen LogP contribution in [0.1, 0.15) is 51.5 Å². The number of benzene rings is 1. The minimum atomic E-state index is -3.92. The molecule has 1 heterocycles. The molecule has 0 saturated heterocycles. The third-order valence-corrected chi connectivity index (χ3v) is 8.92. The fourth-order valence-electron chi connectivity index (χ4n) is 4.75. The van der Waals surface area contributed by atoms with E-state index in [1.54, 1.807) is 38.1 Å². The maximum Gasteiger partial charge on any atom is 0.247 e. The molecule has 3 atom stereocenters. The van der Waals surface area contributed by atoms with E-state index in [-0.39, 0.29) is 48.1 Å². The van der Waals surface area contributed by atoms with Gasteiger partial charge < -0.3 is 19.5 Å². The predicted molar refractivity (Wildman–Crippen MR) is 133 cm³/mol. The molecule has 1 aliphatic heterocycles. The molecule has 1 aromatic carbocycles. The molecule has 8 nitrogen and oxygen atoms in total. The maximum atomic E-state index is 13.6. The fraction of sp³-hybridized carbons (Fsp3) is 0.654. The van der Waals surface area contributed by atoms with Crippen LogP contribution in [0.25, 0.3) is 0 Å². The van der Waals surface area contributed by atoms with Crippen LogP contribution in [0.4, 0.5) is 0 Å². The Morgan fingerprint density at radius 1 is 1.31 bits per heavy atom. The molecule has 1 aromatic rings. The van der Waals surface area contributed by atoms with Crippen LogP contribution in [-0.4, -0.2) is 81.2 Å². The Balaban J connectivity index is 1.96. The van der Waals surface area contributed by atoms with Crippen LogP contribution in [-0.2, 0) is 19.6 Å². The van der Waals surface area contributed by atoms with Crippen molar-refractivity contribution in [1.29, 1.82) is 0 Å². The predicted octanol–water partition coefficient (Wildman–Crippen LogP) is 2.49. The first-order chi connectivity index (χ1) is 16.7. The zero-order valence-electron chi connectivity index (χ0n) is 21.2. The van der Waals surface area contributed by atoms with Crippen molar-refractivity contribution in [3.8, 4) is 17.6 Å². The van der Waals surface area contributed by atoms with Crippen LogP contribution in [0, 0.1) is 23.7 Å². The molecule has 0 aromatic heterocycles. The van der Waals surface area contributed by atoms with Crippen LogP contribution in [0.3, 0.4) is 0 Å². The fourth-order valence-corrected chi connectivity index (χ4v) is 6.58. The van der Waals surface area contributed by atoms with Crippen molar-refractivity contribution in [2.45, 2.75) is 63.0 Å². The van der Waals surface area contributed by atoms with Gasteiger partial charge in [-0.15, -0.1) is 0 Å². The van der Waals surface area contributed by atoms with Gasteiger partial charge in [-0.3, -0.25) is 4.79 Å². The molecule has 1 fully saturated rings. The number of rotatable bonds is 6. The number of hydrogen-bond donors (Lipinski definition) is 1. The zero-order chi connectivity index (χ0) is 25.6. The van der Waals surface area contributed by atoms with Crippen LogP contribution < -0.4 is 4.74 Å². The largest absolute Gasteiger partial charge is 0.487 e. The molecule has 0 spiro atoms. The Kier molecular flexibility index (Phi) is 9.59. The van der Waals surface area contributed by atoms with E-state index in [9.17, 15) is 18.3 Å². The van der Waals surface area contributed by atoms with Crippen LogP contribution in [0.15, 0.2) is 23.1 Å². The van der Waals surface area contributed by atoms with E-state index in [0.717, 1.165) is 25.7 Å². The summed E-state index contributed by atoms with van der Waals surface area (Å²) in [4.78, 5) is 14.9. The average molecular weight is 507 g/mol. The molecule has 1 amide bonds. The first-order valence-electron chi connectivity index (χ1n) is 12.3. The number of hydrogen-bond acceptors (Lipinski definition) is 6. The van der Waals surface area contributed by atoms with Crippen molar-refractivity contribution >= 4 is 15.9 Å². The van der Waals surface area contributed by atoms with Crippen molar-refractivity contribution in [3.63, 3.8) is 0 Å². The lowest BCUT2D eigenvalue weighted by Crippen LogP contribution is -2.50. The number of fused-ring (bicyclic) bond motifs is 1. The van der Waals surface area contributed by atoms with Crippen molar-refractivity contribution in [2.24, 2.45) is 11.8 Å². The summed E-state index contributed by atoms with van der Waals surface area (Å²) >= 11 is 0. The number of aliphatic hydroxyl groups is 1. The smallest absolute Gasteiger partial charge is 0.247 e. The Hall–Kier alpha value is -2.12. The van der Waals surface area contributed by atoms with E-state index in [2.05, 4.69) is 11.8 Å². The summed E-state index contributed by atoms with van der Waals surface area (Å²) in [6, 6.07) is 4.17. The highest BCUT2D eigenvalue weighted by atomic mass is 32.2. The number of methoxy groups -OCH3 is 1. The van der Waals surface area contributed by atoms with Crippen LogP contribution in [0.2, 0.25) is 0 Å². The third-order valence-electron chi connectivity index (χ3n) is 6.90. The molecule has 1 aliphatic carbocycles. The molecular formula is C26H38N2O6S. The van der Waals surface area contributed by atoms with Gasteiger partial charge in [0.15, 0.2) is 0 Å². The Bertz CT molecular complexity index is 1040. The van der Waals surface area contributed by atoms with Crippen molar-refractivity contribution < 1.29 is 27.8 Å². The van der Waals surface area contributed by atoms with Gasteiger partial charge in [-0.2, -0.15) is 4.31 Å². The molecular weight excluding hydrogens is 468 g/mol. The van der Waals surface area contributed by atoms with Gasteiger partial charge in [0.25, 0.3) is 0 Å². The molecule has 1 N–H and O–H groups in total. The summed E-state index contributed by atoms with van der Waals surface area (Å²) in [5, 5.41) is 9.79. The number of likely N-dealkylation sites (N-methyl/N-ethyl adjacent to an activating group) is 1. The monoisotopic (exact) mass is 506 g/mol. The van der Waals surface area contributed by atoms with E-state index in [1.807, 2.05) is 6.92 Å². The average Bonchev–Trinajstić information content (AvgIpc) is 2.85. The minimum absolute atomic E-state index is 0.0354. The second kappa shape index (κ2) is 12.2. The van der Waals surface area contributed by atoms with Crippen molar-refractivity contribution in [1.82, 2.24) is 9.21 Å². The Labute approximate surface area is 209 Å². The Morgan fingerprint density at radius 2 is 2.03 bits per heavy atom. The van der Waals surface area contributed by atoms with Gasteiger partial charge in [-0.05, 0) is 38.0 Å². The number of sulfonamides is 1. The first-order valence-corrected chi connectivity index (χ1v) is 13.8. The highest BCUT2D eigenvalue weighted by molar-refractivity contribution is 7.89. The summed E-state index contributed by atoms with van der Waals surface area (Å²) in [6.07, 6.45) is 4.72. The topological polar surface area (TPSA) is 96.4 Å². The van der Waals surface area contributed by atoms with Gasteiger partial charge in [-0.1, -0.05) is 38.0 Å². The SMILES string of the molecule is COCC#Cc1ccc2c(c1)O[C@@H](CN(C)C(=O)C1CCCCC1)[C@@H](C)CN([C@H](C)CO)S2(=O)=O. The molecule has 9 heteroatoms. The van der Waals surface area contributed by atoms with E-state index < -0.39 is 22.2 Å². The van der Waals surface area contributed by atoms with Gasteiger partial charge in [0, 0.05) is 44.1 Å². The number of amides is 1. The van der Waals surface area contributed by atoms with E-state index in [0.29, 0.717) is 12.1 Å². The number of aliphatic hydroxyl groups excluding tert-OH is 1. The molecule has 1 saturated carbocycles. The number of ether oxygens (including phenoxy) is 2. The minimum Gasteiger partial charge on any atom is -0.487 e. The van der Waals surface area contributed by atoms with Gasteiger partial charge in [-0.25, -0.2) is 8.42 Å². The lowest BCUT2D eigenvalue weighted by Gasteiger charge is -2.38.